The van der Waals surface area contributed by atoms with Gasteiger partial charge in [0.15, 0.2) is 0 Å². The highest BCUT2D eigenvalue weighted by Gasteiger charge is 2.19. The second-order valence-corrected chi connectivity index (χ2v) is 7.75. The van der Waals surface area contributed by atoms with E-state index in [0.29, 0.717) is 17.0 Å². The SMILES string of the molecule is COC(=O)c1ccc(S(=O)(=O)Nc2cc(-c3ccc(OC)cc3)ncn2)c(C)c1. The Hall–Kier alpha value is -3.46. The minimum absolute atomic E-state index is 0.0368. The molecule has 0 atom stereocenters. The first kappa shape index (κ1) is 20.3. The first-order valence-corrected chi connectivity index (χ1v) is 10.0. The maximum absolute atomic E-state index is 12.8. The Labute approximate surface area is 168 Å². The topological polar surface area (TPSA) is 107 Å². The normalized spacial score (nSPS) is 11.0. The van der Waals surface area contributed by atoms with Gasteiger partial charge in [-0.15, -0.1) is 0 Å². The molecule has 1 aromatic heterocycles. The minimum Gasteiger partial charge on any atom is -0.497 e. The van der Waals surface area contributed by atoms with Crippen LogP contribution in [-0.4, -0.2) is 38.6 Å². The van der Waals surface area contributed by atoms with Crippen LogP contribution < -0.4 is 9.46 Å². The number of hydrogen-bond acceptors (Lipinski definition) is 7. The average Bonchev–Trinajstić information content (AvgIpc) is 2.72. The summed E-state index contributed by atoms with van der Waals surface area (Å²) in [6.07, 6.45) is 1.28. The Morgan fingerprint density at radius 3 is 2.34 bits per heavy atom. The van der Waals surface area contributed by atoms with Crippen molar-refractivity contribution >= 4 is 21.8 Å². The van der Waals surface area contributed by atoms with Crippen molar-refractivity contribution in [1.82, 2.24) is 9.97 Å². The summed E-state index contributed by atoms with van der Waals surface area (Å²) in [5.41, 5.74) is 2.02. The zero-order valence-corrected chi connectivity index (χ0v) is 16.9. The second kappa shape index (κ2) is 8.27. The number of benzene rings is 2. The van der Waals surface area contributed by atoms with Crippen LogP contribution in [0, 0.1) is 6.92 Å². The summed E-state index contributed by atoms with van der Waals surface area (Å²) in [6, 6.07) is 13.0. The van der Waals surface area contributed by atoms with Crippen molar-refractivity contribution in [2.45, 2.75) is 11.8 Å². The van der Waals surface area contributed by atoms with Gasteiger partial charge in [-0.1, -0.05) is 0 Å². The third-order valence-corrected chi connectivity index (χ3v) is 5.69. The van der Waals surface area contributed by atoms with Crippen molar-refractivity contribution in [3.8, 4) is 17.0 Å². The van der Waals surface area contributed by atoms with Crippen molar-refractivity contribution < 1.29 is 22.7 Å². The van der Waals surface area contributed by atoms with Gasteiger partial charge in [0.25, 0.3) is 10.0 Å². The fourth-order valence-corrected chi connectivity index (χ4v) is 3.95. The summed E-state index contributed by atoms with van der Waals surface area (Å²) in [6.45, 7) is 1.60. The highest BCUT2D eigenvalue weighted by Crippen LogP contribution is 2.24. The summed E-state index contributed by atoms with van der Waals surface area (Å²) in [4.78, 5) is 19.8. The lowest BCUT2D eigenvalue weighted by Gasteiger charge is -2.11. The Balaban J connectivity index is 1.88. The van der Waals surface area contributed by atoms with Gasteiger partial charge in [-0.3, -0.25) is 4.72 Å². The molecule has 3 aromatic rings. The van der Waals surface area contributed by atoms with Crippen molar-refractivity contribution in [1.29, 1.82) is 0 Å². The predicted octanol–water partition coefficient (Wildman–Crippen LogP) is 3.05. The summed E-state index contributed by atoms with van der Waals surface area (Å²) < 4.78 is 37.8. The molecule has 0 radical (unpaired) electrons. The van der Waals surface area contributed by atoms with Crippen LogP contribution in [0.15, 0.2) is 59.8 Å². The number of hydrogen-bond donors (Lipinski definition) is 1. The molecule has 0 aliphatic rings. The zero-order chi connectivity index (χ0) is 21.0. The van der Waals surface area contributed by atoms with Gasteiger partial charge in [-0.05, 0) is 55.0 Å². The number of sulfonamides is 1. The number of nitrogens with one attached hydrogen (secondary N) is 1. The molecule has 1 heterocycles. The van der Waals surface area contributed by atoms with Gasteiger partial charge in [0.2, 0.25) is 0 Å². The van der Waals surface area contributed by atoms with E-state index in [2.05, 4.69) is 19.4 Å². The summed E-state index contributed by atoms with van der Waals surface area (Å²) in [7, 11) is -1.08. The second-order valence-electron chi connectivity index (χ2n) is 6.09. The third-order valence-electron chi connectivity index (χ3n) is 4.18. The van der Waals surface area contributed by atoms with E-state index in [0.717, 1.165) is 5.56 Å². The number of rotatable bonds is 6. The van der Waals surface area contributed by atoms with Crippen LogP contribution in [0.5, 0.6) is 5.75 Å². The standard InChI is InChI=1S/C20H19N3O5S/c1-13-10-15(20(24)28-3)6-9-18(13)29(25,26)23-19-11-17(21-12-22-19)14-4-7-16(27-2)8-5-14/h4-12H,1-3H3,(H,21,22,23). The highest BCUT2D eigenvalue weighted by atomic mass is 32.2. The lowest BCUT2D eigenvalue weighted by Crippen LogP contribution is -2.16. The molecule has 1 N–H and O–H groups in total. The van der Waals surface area contributed by atoms with Crippen LogP contribution in [0.2, 0.25) is 0 Å². The smallest absolute Gasteiger partial charge is 0.337 e. The average molecular weight is 413 g/mol. The molecule has 0 aliphatic carbocycles. The lowest BCUT2D eigenvalue weighted by atomic mass is 10.1. The molecule has 0 amide bonds. The number of carbonyl (C=O) groups is 1. The number of ether oxygens (including phenoxy) is 2. The van der Waals surface area contributed by atoms with E-state index in [9.17, 15) is 13.2 Å². The highest BCUT2D eigenvalue weighted by molar-refractivity contribution is 7.92. The maximum Gasteiger partial charge on any atom is 0.337 e. The first-order chi connectivity index (χ1) is 13.8. The van der Waals surface area contributed by atoms with Gasteiger partial charge < -0.3 is 9.47 Å². The van der Waals surface area contributed by atoms with E-state index >= 15 is 0 Å². The molecule has 3 rings (SSSR count). The molecule has 9 heteroatoms. The van der Waals surface area contributed by atoms with Gasteiger partial charge in [0.05, 0.1) is 30.4 Å². The predicted molar refractivity (Wildman–Crippen MR) is 107 cm³/mol. The van der Waals surface area contributed by atoms with Crippen LogP contribution >= 0.6 is 0 Å². The van der Waals surface area contributed by atoms with Crippen molar-refractivity contribution in [2.75, 3.05) is 18.9 Å². The monoisotopic (exact) mass is 413 g/mol. The Morgan fingerprint density at radius 2 is 1.72 bits per heavy atom. The first-order valence-electron chi connectivity index (χ1n) is 8.52. The molecular weight excluding hydrogens is 394 g/mol. The van der Waals surface area contributed by atoms with Gasteiger partial charge in [-0.2, -0.15) is 0 Å². The van der Waals surface area contributed by atoms with Crippen LogP contribution in [-0.2, 0) is 14.8 Å². The van der Waals surface area contributed by atoms with Crippen LogP contribution in [0.1, 0.15) is 15.9 Å². The Kier molecular flexibility index (Phi) is 5.79. The van der Waals surface area contributed by atoms with E-state index in [1.807, 2.05) is 12.1 Å². The van der Waals surface area contributed by atoms with E-state index in [-0.39, 0.29) is 16.3 Å². The molecule has 150 valence electrons. The van der Waals surface area contributed by atoms with Crippen LogP contribution in [0.25, 0.3) is 11.3 Å². The molecular formula is C20H19N3O5S. The molecule has 2 aromatic carbocycles. The number of aryl methyl sites for hydroxylation is 1. The fourth-order valence-electron chi connectivity index (χ4n) is 2.72. The molecule has 0 bridgehead atoms. The molecule has 29 heavy (non-hydrogen) atoms. The third kappa shape index (κ3) is 4.52. The molecule has 8 nitrogen and oxygen atoms in total. The van der Waals surface area contributed by atoms with Gasteiger partial charge >= 0.3 is 5.97 Å². The zero-order valence-electron chi connectivity index (χ0n) is 16.0. The molecule has 0 unspecified atom stereocenters. The Morgan fingerprint density at radius 1 is 1.00 bits per heavy atom. The fraction of sp³-hybridized carbons (Fsp3) is 0.150. The van der Waals surface area contributed by atoms with Gasteiger partial charge in [0.1, 0.15) is 17.9 Å². The number of aromatic nitrogens is 2. The molecule has 0 fully saturated rings. The largest absolute Gasteiger partial charge is 0.497 e. The number of carbonyl (C=O) groups excluding carboxylic acids is 1. The molecule has 0 spiro atoms. The maximum atomic E-state index is 12.8. The van der Waals surface area contributed by atoms with E-state index in [1.54, 1.807) is 26.2 Å². The number of esters is 1. The summed E-state index contributed by atoms with van der Waals surface area (Å²) >= 11 is 0. The number of methoxy groups -OCH3 is 2. The van der Waals surface area contributed by atoms with Crippen LogP contribution in [0.4, 0.5) is 5.82 Å². The quantitative estimate of drug-likeness (QED) is 0.619. The van der Waals surface area contributed by atoms with E-state index in [1.165, 1.54) is 37.7 Å². The summed E-state index contributed by atoms with van der Waals surface area (Å²) in [5.74, 6) is 0.293. The van der Waals surface area contributed by atoms with Gasteiger partial charge in [-0.25, -0.2) is 23.2 Å². The number of nitrogens with zero attached hydrogens (tertiary/aromatic N) is 2. The van der Waals surface area contributed by atoms with Gasteiger partial charge in [0, 0.05) is 11.6 Å². The molecule has 0 saturated carbocycles. The number of anilines is 1. The van der Waals surface area contributed by atoms with Crippen molar-refractivity contribution in [3.05, 3.63) is 66.0 Å². The molecule has 0 saturated heterocycles. The van der Waals surface area contributed by atoms with E-state index < -0.39 is 16.0 Å². The van der Waals surface area contributed by atoms with Crippen LogP contribution in [0.3, 0.4) is 0 Å². The minimum atomic E-state index is -3.92. The lowest BCUT2D eigenvalue weighted by molar-refractivity contribution is 0.0600. The Bertz CT molecular complexity index is 1150. The summed E-state index contributed by atoms with van der Waals surface area (Å²) in [5, 5.41) is 0. The van der Waals surface area contributed by atoms with Crippen molar-refractivity contribution in [3.63, 3.8) is 0 Å². The molecule has 0 aliphatic heterocycles. The van der Waals surface area contributed by atoms with Crippen molar-refractivity contribution in [2.24, 2.45) is 0 Å². The van der Waals surface area contributed by atoms with E-state index in [4.69, 9.17) is 4.74 Å².